The molecule has 0 aliphatic heterocycles. The van der Waals surface area contributed by atoms with E-state index in [4.69, 9.17) is 4.74 Å². The highest BCUT2D eigenvalue weighted by Gasteiger charge is 2.41. The van der Waals surface area contributed by atoms with E-state index in [0.717, 1.165) is 18.4 Å². The van der Waals surface area contributed by atoms with E-state index < -0.39 is 0 Å². The van der Waals surface area contributed by atoms with Crippen molar-refractivity contribution in [1.82, 2.24) is 0 Å². The van der Waals surface area contributed by atoms with Gasteiger partial charge in [0.05, 0.1) is 6.61 Å². The molecule has 0 bridgehead atoms. The molecule has 0 heterocycles. The second-order valence-corrected chi connectivity index (χ2v) is 6.61. The molecule has 0 aromatic rings. The summed E-state index contributed by atoms with van der Waals surface area (Å²) in [6.07, 6.45) is 14.6. The van der Waals surface area contributed by atoms with Gasteiger partial charge in [0.2, 0.25) is 0 Å². The summed E-state index contributed by atoms with van der Waals surface area (Å²) in [7, 11) is 1.89. The van der Waals surface area contributed by atoms with Crippen LogP contribution in [0.15, 0.2) is 0 Å². The van der Waals surface area contributed by atoms with Crippen molar-refractivity contribution >= 4 is 0 Å². The average Bonchev–Trinajstić information content (AvgIpc) is 2.41. The van der Waals surface area contributed by atoms with Crippen molar-refractivity contribution in [3.8, 4) is 0 Å². The van der Waals surface area contributed by atoms with Crippen LogP contribution in [0.5, 0.6) is 0 Å². The molecule has 1 nitrogen and oxygen atoms in total. The molecule has 2 aliphatic carbocycles. The van der Waals surface area contributed by atoms with Crippen molar-refractivity contribution in [2.75, 3.05) is 13.7 Å². The van der Waals surface area contributed by atoms with Crippen LogP contribution in [-0.4, -0.2) is 13.7 Å². The Labute approximate surface area is 107 Å². The number of rotatable bonds is 4. The van der Waals surface area contributed by atoms with Crippen LogP contribution >= 0.6 is 0 Å². The number of methoxy groups -OCH3 is 1. The van der Waals surface area contributed by atoms with Crippen LogP contribution in [0.2, 0.25) is 0 Å². The third kappa shape index (κ3) is 3.05. The van der Waals surface area contributed by atoms with Gasteiger partial charge in [0.1, 0.15) is 0 Å². The number of ether oxygens (including phenoxy) is 1. The highest BCUT2D eigenvalue weighted by atomic mass is 16.5. The fourth-order valence-corrected chi connectivity index (χ4v) is 4.40. The van der Waals surface area contributed by atoms with Gasteiger partial charge in [-0.15, -0.1) is 0 Å². The Balaban J connectivity index is 2.05. The molecule has 2 fully saturated rings. The standard InChI is InChI=1S/C16H30O/c1-16(13-17-2,14-9-5-3-6-10-14)15-11-7-4-8-12-15/h14-15H,3-13H2,1-2H3. The van der Waals surface area contributed by atoms with E-state index in [2.05, 4.69) is 6.92 Å². The minimum Gasteiger partial charge on any atom is -0.384 e. The molecule has 2 aliphatic rings. The van der Waals surface area contributed by atoms with Gasteiger partial charge in [-0.3, -0.25) is 0 Å². The molecule has 0 radical (unpaired) electrons. The van der Waals surface area contributed by atoms with Crippen molar-refractivity contribution in [2.24, 2.45) is 17.3 Å². The molecule has 0 N–H and O–H groups in total. The predicted octanol–water partition coefficient (Wildman–Crippen LogP) is 4.80. The van der Waals surface area contributed by atoms with E-state index in [1.54, 1.807) is 0 Å². The first kappa shape index (κ1) is 13.4. The van der Waals surface area contributed by atoms with Crippen LogP contribution < -0.4 is 0 Å². The lowest BCUT2D eigenvalue weighted by atomic mass is 9.60. The number of hydrogen-bond acceptors (Lipinski definition) is 1. The lowest BCUT2D eigenvalue weighted by Gasteiger charge is -2.46. The molecule has 0 saturated heterocycles. The average molecular weight is 238 g/mol. The maximum absolute atomic E-state index is 5.61. The summed E-state index contributed by atoms with van der Waals surface area (Å²) in [4.78, 5) is 0. The zero-order valence-electron chi connectivity index (χ0n) is 11.8. The lowest BCUT2D eigenvalue weighted by molar-refractivity contribution is -0.0296. The second-order valence-electron chi connectivity index (χ2n) is 6.61. The summed E-state index contributed by atoms with van der Waals surface area (Å²) in [5.74, 6) is 1.86. The van der Waals surface area contributed by atoms with Crippen molar-refractivity contribution in [3.63, 3.8) is 0 Å². The molecular weight excluding hydrogens is 208 g/mol. The molecule has 2 rings (SSSR count). The molecule has 0 aromatic heterocycles. The predicted molar refractivity (Wildman–Crippen MR) is 73.1 cm³/mol. The zero-order valence-corrected chi connectivity index (χ0v) is 11.8. The quantitative estimate of drug-likeness (QED) is 0.683. The first-order valence-electron chi connectivity index (χ1n) is 7.76. The molecule has 2 saturated carbocycles. The van der Waals surface area contributed by atoms with E-state index in [1.165, 1.54) is 64.2 Å². The van der Waals surface area contributed by atoms with E-state index in [9.17, 15) is 0 Å². The molecule has 0 aromatic carbocycles. The molecule has 0 amide bonds. The Morgan fingerprint density at radius 1 is 0.824 bits per heavy atom. The topological polar surface area (TPSA) is 9.23 Å². The van der Waals surface area contributed by atoms with Crippen molar-refractivity contribution in [2.45, 2.75) is 71.1 Å². The third-order valence-electron chi connectivity index (χ3n) is 5.53. The smallest absolute Gasteiger partial charge is 0.0521 e. The normalized spacial score (nSPS) is 25.1. The van der Waals surface area contributed by atoms with E-state index in [-0.39, 0.29) is 0 Å². The first-order chi connectivity index (χ1) is 8.27. The van der Waals surface area contributed by atoms with Gasteiger partial charge in [0.25, 0.3) is 0 Å². The minimum absolute atomic E-state index is 0.468. The van der Waals surface area contributed by atoms with E-state index in [0.29, 0.717) is 5.41 Å². The van der Waals surface area contributed by atoms with Crippen molar-refractivity contribution in [3.05, 3.63) is 0 Å². The summed E-state index contributed by atoms with van der Waals surface area (Å²) < 4.78 is 5.61. The second kappa shape index (κ2) is 6.22. The van der Waals surface area contributed by atoms with Crippen LogP contribution in [0.25, 0.3) is 0 Å². The molecule has 17 heavy (non-hydrogen) atoms. The van der Waals surface area contributed by atoms with Crippen LogP contribution in [0.4, 0.5) is 0 Å². The zero-order chi connectivity index (χ0) is 12.1. The van der Waals surface area contributed by atoms with Crippen LogP contribution in [0, 0.1) is 17.3 Å². The monoisotopic (exact) mass is 238 g/mol. The van der Waals surface area contributed by atoms with Crippen molar-refractivity contribution < 1.29 is 4.74 Å². The van der Waals surface area contributed by atoms with Crippen LogP contribution in [0.1, 0.15) is 71.1 Å². The molecule has 0 atom stereocenters. The molecule has 0 unspecified atom stereocenters. The van der Waals surface area contributed by atoms with Gasteiger partial charge in [-0.25, -0.2) is 0 Å². The van der Waals surface area contributed by atoms with Gasteiger partial charge in [-0.1, -0.05) is 45.4 Å². The fraction of sp³-hybridized carbons (Fsp3) is 1.00. The summed E-state index contributed by atoms with van der Waals surface area (Å²) in [5, 5.41) is 0. The van der Waals surface area contributed by atoms with Gasteiger partial charge in [-0.2, -0.15) is 0 Å². The summed E-state index contributed by atoms with van der Waals surface area (Å²) >= 11 is 0. The lowest BCUT2D eigenvalue weighted by Crippen LogP contribution is -2.41. The summed E-state index contributed by atoms with van der Waals surface area (Å²) in [6, 6.07) is 0. The van der Waals surface area contributed by atoms with Gasteiger partial charge < -0.3 is 4.74 Å². The summed E-state index contributed by atoms with van der Waals surface area (Å²) in [5.41, 5.74) is 0.468. The molecule has 0 spiro atoms. The third-order valence-corrected chi connectivity index (χ3v) is 5.53. The van der Waals surface area contributed by atoms with E-state index in [1.807, 2.05) is 7.11 Å². The first-order valence-corrected chi connectivity index (χ1v) is 7.76. The maximum atomic E-state index is 5.61. The highest BCUT2D eigenvalue weighted by Crippen LogP contribution is 2.48. The Hall–Kier alpha value is -0.0400. The summed E-state index contributed by atoms with van der Waals surface area (Å²) in [6.45, 7) is 3.52. The van der Waals surface area contributed by atoms with Crippen LogP contribution in [0.3, 0.4) is 0 Å². The van der Waals surface area contributed by atoms with Gasteiger partial charge in [0.15, 0.2) is 0 Å². The Morgan fingerprint density at radius 3 is 1.59 bits per heavy atom. The Morgan fingerprint density at radius 2 is 1.24 bits per heavy atom. The maximum Gasteiger partial charge on any atom is 0.0521 e. The Bertz CT molecular complexity index is 194. The SMILES string of the molecule is COCC(C)(C1CCCCC1)C1CCCCC1. The highest BCUT2D eigenvalue weighted by molar-refractivity contribution is 4.91. The Kier molecular flexibility index (Phi) is 4.90. The van der Waals surface area contributed by atoms with Crippen molar-refractivity contribution in [1.29, 1.82) is 0 Å². The van der Waals surface area contributed by atoms with Gasteiger partial charge >= 0.3 is 0 Å². The van der Waals surface area contributed by atoms with Gasteiger partial charge in [0, 0.05) is 7.11 Å². The largest absolute Gasteiger partial charge is 0.384 e. The number of hydrogen-bond donors (Lipinski definition) is 0. The fourth-order valence-electron chi connectivity index (χ4n) is 4.40. The molecular formula is C16H30O. The van der Waals surface area contributed by atoms with Crippen LogP contribution in [-0.2, 0) is 4.74 Å². The van der Waals surface area contributed by atoms with E-state index >= 15 is 0 Å². The molecule has 1 heteroatoms. The minimum atomic E-state index is 0.468. The van der Waals surface area contributed by atoms with Gasteiger partial charge in [-0.05, 0) is 42.9 Å². The molecule has 100 valence electrons.